The fraction of sp³-hybridized carbons (Fsp3) is 0.850. The summed E-state index contributed by atoms with van der Waals surface area (Å²) < 4.78 is 59.3. The van der Waals surface area contributed by atoms with Crippen molar-refractivity contribution in [3.05, 3.63) is 30.3 Å². The number of para-hydroxylation sites is 1. The summed E-state index contributed by atoms with van der Waals surface area (Å²) in [5.41, 5.74) is -1.27. The molecule has 0 N–H and O–H groups in total. The second-order valence-corrected chi connectivity index (χ2v) is 19.6. The first-order chi connectivity index (χ1) is 25.4. The molecule has 53 heavy (non-hydrogen) atoms. The molecule has 10 aliphatic rings. The predicted molar refractivity (Wildman–Crippen MR) is 189 cm³/mol. The minimum absolute atomic E-state index is 0.117. The summed E-state index contributed by atoms with van der Waals surface area (Å²) in [7, 11) is -4.06. The molecular formula is C40H59O12P. The Morgan fingerprint density at radius 3 is 1.58 bits per heavy atom. The molecule has 2 aliphatic carbocycles. The molecule has 4 unspecified atom stereocenters. The number of fused-ring (bicyclic) bond motifs is 4. The first kappa shape index (κ1) is 37.4. The Labute approximate surface area is 313 Å². The maximum atomic E-state index is 14.4. The number of phosphoric ester groups is 1. The Morgan fingerprint density at radius 1 is 0.642 bits per heavy atom. The van der Waals surface area contributed by atoms with E-state index in [0.717, 1.165) is 51.4 Å². The van der Waals surface area contributed by atoms with E-state index < -0.39 is 43.2 Å². The molecule has 8 aliphatic heterocycles. The normalized spacial score (nSPS) is 51.0. The average molecular weight is 763 g/mol. The van der Waals surface area contributed by atoms with Gasteiger partial charge in [-0.2, -0.15) is 0 Å². The van der Waals surface area contributed by atoms with Crippen molar-refractivity contribution in [2.24, 2.45) is 47.3 Å². The van der Waals surface area contributed by atoms with Crippen molar-refractivity contribution in [2.75, 3.05) is 13.2 Å². The second-order valence-electron chi connectivity index (χ2n) is 18.0. The van der Waals surface area contributed by atoms with Crippen LogP contribution in [-0.4, -0.2) is 60.8 Å². The summed E-state index contributed by atoms with van der Waals surface area (Å²) in [6, 6.07) is 9.04. The van der Waals surface area contributed by atoms with Crippen molar-refractivity contribution in [1.82, 2.24) is 0 Å². The van der Waals surface area contributed by atoms with Crippen LogP contribution in [0.5, 0.6) is 5.75 Å². The first-order valence-electron chi connectivity index (χ1n) is 20.4. The minimum Gasteiger partial charge on any atom is -0.404 e. The Balaban J connectivity index is 0.875. The van der Waals surface area contributed by atoms with Crippen LogP contribution in [0.1, 0.15) is 106 Å². The molecule has 12 nitrogen and oxygen atoms in total. The maximum absolute atomic E-state index is 14.4. The highest BCUT2D eigenvalue weighted by molar-refractivity contribution is 7.48. The van der Waals surface area contributed by atoms with Gasteiger partial charge in [-0.15, -0.1) is 0 Å². The molecule has 13 heteroatoms. The molecule has 0 aromatic heterocycles. The summed E-state index contributed by atoms with van der Waals surface area (Å²) >= 11 is 0. The van der Waals surface area contributed by atoms with Crippen LogP contribution < -0.4 is 4.52 Å². The Kier molecular flexibility index (Phi) is 9.71. The second kappa shape index (κ2) is 13.8. The van der Waals surface area contributed by atoms with Gasteiger partial charge in [0, 0.05) is 24.7 Å². The number of hydrogen-bond acceptors (Lipinski definition) is 12. The van der Waals surface area contributed by atoms with E-state index in [9.17, 15) is 4.57 Å². The van der Waals surface area contributed by atoms with E-state index in [-0.39, 0.29) is 49.1 Å². The SMILES string of the molecule is C[C@@H]1CCC2[C@@H](C)[C@@H](CCOP(=O)(OCC[C@H]3O[C@@H]4O[C@]5(C)CCC6[C@H](C)CCC([C@H]3C)[C@]64OO5)Oc3ccccc3)O[C@@H]3O[C@]4(C)CCC1[C@@]23OO4. The Bertz CT molecular complexity index is 1450. The van der Waals surface area contributed by atoms with Crippen molar-refractivity contribution in [2.45, 2.75) is 153 Å². The molecule has 1 aromatic rings. The van der Waals surface area contributed by atoms with Crippen LogP contribution in [-0.2, 0) is 52.1 Å². The zero-order chi connectivity index (χ0) is 36.8. The van der Waals surface area contributed by atoms with E-state index in [1.165, 1.54) is 0 Å². The van der Waals surface area contributed by atoms with Crippen molar-refractivity contribution >= 4 is 7.82 Å². The number of rotatable bonds is 10. The van der Waals surface area contributed by atoms with Gasteiger partial charge < -0.3 is 23.5 Å². The van der Waals surface area contributed by atoms with Crippen LogP contribution in [0.2, 0.25) is 0 Å². The van der Waals surface area contributed by atoms with Gasteiger partial charge in [-0.1, -0.05) is 45.9 Å². The highest BCUT2D eigenvalue weighted by Gasteiger charge is 2.70. The zero-order valence-electron chi connectivity index (χ0n) is 32.1. The molecule has 10 fully saturated rings. The van der Waals surface area contributed by atoms with E-state index in [0.29, 0.717) is 42.3 Å². The summed E-state index contributed by atoms with van der Waals surface area (Å²) in [4.78, 5) is 24.6. The molecule has 2 spiro atoms. The molecule has 2 saturated carbocycles. The lowest BCUT2D eigenvalue weighted by atomic mass is 9.57. The smallest absolute Gasteiger partial charge is 0.404 e. The molecule has 0 amide bonds. The monoisotopic (exact) mass is 762 g/mol. The van der Waals surface area contributed by atoms with Crippen LogP contribution >= 0.6 is 7.82 Å². The van der Waals surface area contributed by atoms with Crippen molar-refractivity contribution in [3.63, 3.8) is 0 Å². The first-order valence-corrected chi connectivity index (χ1v) is 21.9. The van der Waals surface area contributed by atoms with Crippen LogP contribution in [0.3, 0.4) is 0 Å². The van der Waals surface area contributed by atoms with Crippen molar-refractivity contribution in [3.8, 4) is 5.75 Å². The van der Waals surface area contributed by atoms with Gasteiger partial charge in [-0.05, 0) is 113 Å². The van der Waals surface area contributed by atoms with E-state index in [4.69, 9.17) is 52.1 Å². The van der Waals surface area contributed by atoms with Crippen molar-refractivity contribution in [1.29, 1.82) is 0 Å². The molecule has 1 aromatic carbocycles. The van der Waals surface area contributed by atoms with Gasteiger partial charge in [0.1, 0.15) is 5.75 Å². The van der Waals surface area contributed by atoms with E-state index in [1.807, 2.05) is 32.0 Å². The van der Waals surface area contributed by atoms with E-state index in [1.54, 1.807) is 12.1 Å². The highest BCUT2D eigenvalue weighted by atomic mass is 31.2. The van der Waals surface area contributed by atoms with Gasteiger partial charge in [0.15, 0.2) is 23.8 Å². The third-order valence-electron chi connectivity index (χ3n) is 14.9. The molecular weight excluding hydrogens is 703 g/mol. The summed E-state index contributed by atoms with van der Waals surface area (Å²) in [6.45, 7) is 13.2. The summed E-state index contributed by atoms with van der Waals surface area (Å²) in [6.07, 6.45) is 7.24. The Morgan fingerprint density at radius 2 is 1.11 bits per heavy atom. The number of phosphoric acid groups is 1. The zero-order valence-corrected chi connectivity index (χ0v) is 33.0. The molecule has 8 heterocycles. The van der Waals surface area contributed by atoms with Crippen molar-refractivity contribution < 1.29 is 56.6 Å². The lowest BCUT2D eigenvalue weighted by Gasteiger charge is -2.60. The van der Waals surface area contributed by atoms with Gasteiger partial charge in [-0.25, -0.2) is 24.1 Å². The number of ether oxygens (including phenoxy) is 4. The van der Waals surface area contributed by atoms with Crippen LogP contribution in [0, 0.1) is 47.3 Å². The molecule has 0 radical (unpaired) electrons. The van der Waals surface area contributed by atoms with Gasteiger partial charge in [-0.3, -0.25) is 9.05 Å². The fourth-order valence-corrected chi connectivity index (χ4v) is 13.1. The standard InChI is InChI=1S/C40H59O12P/c1-24-12-14-31-26(3)33(44-35-39(31)29(24)16-20-37(5,46-35)49-51-39)18-22-42-53(41,48-28-10-8-7-9-11-28)43-23-19-34-27(4)32-15-13-25(2)30-17-21-38(6)47-36(45-34)40(30,32)52-50-38/h7-11,24-27,29-36H,12-23H2,1-6H3/t24-,25-,26-,27-,29?,30?,31?,32?,33-,34-,35-,36-,37+,38+,39-,40-,53?/m1/s1. The average Bonchev–Trinajstić information content (AvgIpc) is 3.51. The van der Waals surface area contributed by atoms with Crippen LogP contribution in [0.4, 0.5) is 0 Å². The minimum atomic E-state index is -4.06. The highest BCUT2D eigenvalue weighted by Crippen LogP contribution is 2.63. The summed E-state index contributed by atoms with van der Waals surface area (Å²) in [5.74, 6) is 0.970. The van der Waals surface area contributed by atoms with Crippen LogP contribution in [0.25, 0.3) is 0 Å². The van der Waals surface area contributed by atoms with Gasteiger partial charge in [0.2, 0.25) is 11.6 Å². The third-order valence-corrected chi connectivity index (χ3v) is 16.3. The number of hydrogen-bond donors (Lipinski definition) is 0. The van der Waals surface area contributed by atoms with Gasteiger partial charge in [0.25, 0.3) is 0 Å². The van der Waals surface area contributed by atoms with E-state index in [2.05, 4.69) is 27.7 Å². The molecule has 16 atom stereocenters. The predicted octanol–water partition coefficient (Wildman–Crippen LogP) is 8.49. The topological polar surface area (TPSA) is 119 Å². The molecule has 296 valence electrons. The van der Waals surface area contributed by atoms with E-state index >= 15 is 0 Å². The largest absolute Gasteiger partial charge is 0.530 e. The van der Waals surface area contributed by atoms with Crippen LogP contribution in [0.15, 0.2) is 30.3 Å². The van der Waals surface area contributed by atoms with Gasteiger partial charge >= 0.3 is 7.82 Å². The maximum Gasteiger partial charge on any atom is 0.530 e. The molecule has 4 bridgehead atoms. The number of benzene rings is 1. The fourth-order valence-electron chi connectivity index (χ4n) is 11.9. The Hall–Kier alpha value is -1.15. The van der Waals surface area contributed by atoms with Gasteiger partial charge in [0.05, 0.1) is 25.4 Å². The summed E-state index contributed by atoms with van der Waals surface area (Å²) in [5, 5.41) is 0. The third kappa shape index (κ3) is 6.20. The quantitative estimate of drug-likeness (QED) is 0.168. The lowest BCUT2D eigenvalue weighted by molar-refractivity contribution is -0.571. The molecule has 11 rings (SSSR count). The lowest BCUT2D eigenvalue weighted by Crippen LogP contribution is -2.70. The molecule has 8 saturated heterocycles.